The molecule has 1 aromatic heterocycles. The number of hydrogen-bond donors (Lipinski definition) is 2. The predicted molar refractivity (Wildman–Crippen MR) is 88.0 cm³/mol. The average molecular weight is 367 g/mol. The Balaban J connectivity index is 1.87. The lowest BCUT2D eigenvalue weighted by Crippen LogP contribution is -2.08. The molecular weight excluding hydrogens is 352 g/mol. The summed E-state index contributed by atoms with van der Waals surface area (Å²) in [5.41, 5.74) is 3.01. The fourth-order valence-electron chi connectivity index (χ4n) is 2.61. The summed E-state index contributed by atoms with van der Waals surface area (Å²) in [5, 5.41) is 15.5. The Kier molecular flexibility index (Phi) is 4.35. The second-order valence-electron chi connectivity index (χ2n) is 5.09. The molecule has 0 aliphatic carbocycles. The number of thioether (sulfide) groups is 1. The summed E-state index contributed by atoms with van der Waals surface area (Å²) in [6.07, 6.45) is 2.43. The van der Waals surface area contributed by atoms with Crippen LogP contribution in [0.25, 0.3) is 11.3 Å². The first-order chi connectivity index (χ1) is 10.1. The standard InChI is InChI=1S/C15H15BrN2O2S/c16-12-7-10(13-8-14(15(19)20)18-17-13)1-2-11(12)9-3-5-21-6-4-9/h1-2,7-9H,3-6H2,(H,17,18)(H,19,20). The maximum atomic E-state index is 10.9. The minimum atomic E-state index is -0.996. The van der Waals surface area contributed by atoms with Gasteiger partial charge in [0.25, 0.3) is 0 Å². The number of aromatic nitrogens is 2. The topological polar surface area (TPSA) is 66.0 Å². The molecule has 2 N–H and O–H groups in total. The van der Waals surface area contributed by atoms with Crippen molar-refractivity contribution in [2.45, 2.75) is 18.8 Å². The van der Waals surface area contributed by atoms with Crippen LogP contribution in [0.5, 0.6) is 0 Å². The third-order valence-electron chi connectivity index (χ3n) is 3.77. The summed E-state index contributed by atoms with van der Waals surface area (Å²) in [6, 6.07) is 7.73. The Hall–Kier alpha value is -1.27. The van der Waals surface area contributed by atoms with Crippen LogP contribution in [0.4, 0.5) is 0 Å². The number of carboxylic acid groups (broad SMARTS) is 1. The average Bonchev–Trinajstić information content (AvgIpc) is 2.98. The Bertz CT molecular complexity index is 665. The molecular formula is C15H15BrN2O2S. The molecule has 0 unspecified atom stereocenters. The number of nitrogens with zero attached hydrogens (tertiary/aromatic N) is 1. The zero-order chi connectivity index (χ0) is 14.8. The molecule has 21 heavy (non-hydrogen) atoms. The van der Waals surface area contributed by atoms with Gasteiger partial charge in [-0.3, -0.25) is 5.10 Å². The highest BCUT2D eigenvalue weighted by Crippen LogP contribution is 2.37. The first kappa shape index (κ1) is 14.7. The second-order valence-corrected chi connectivity index (χ2v) is 7.17. The fourth-order valence-corrected chi connectivity index (χ4v) is 4.41. The summed E-state index contributed by atoms with van der Waals surface area (Å²) < 4.78 is 1.08. The van der Waals surface area contributed by atoms with Gasteiger partial charge in [-0.25, -0.2) is 4.79 Å². The van der Waals surface area contributed by atoms with Crippen LogP contribution in [0.2, 0.25) is 0 Å². The molecule has 110 valence electrons. The molecule has 6 heteroatoms. The maximum absolute atomic E-state index is 10.9. The predicted octanol–water partition coefficient (Wildman–Crippen LogP) is 4.15. The Labute approximate surface area is 135 Å². The summed E-state index contributed by atoms with van der Waals surface area (Å²) in [6.45, 7) is 0. The molecule has 0 amide bonds. The number of carbonyl (C=O) groups is 1. The van der Waals surface area contributed by atoms with Crippen LogP contribution in [-0.2, 0) is 0 Å². The van der Waals surface area contributed by atoms with Gasteiger partial charge in [-0.05, 0) is 48.0 Å². The number of halogens is 1. The van der Waals surface area contributed by atoms with Gasteiger partial charge in [-0.1, -0.05) is 28.1 Å². The Morgan fingerprint density at radius 1 is 1.33 bits per heavy atom. The quantitative estimate of drug-likeness (QED) is 0.856. The molecule has 0 radical (unpaired) electrons. The molecule has 0 spiro atoms. The number of hydrogen-bond acceptors (Lipinski definition) is 3. The fraction of sp³-hybridized carbons (Fsp3) is 0.333. The maximum Gasteiger partial charge on any atom is 0.353 e. The molecule has 1 aliphatic rings. The van der Waals surface area contributed by atoms with Gasteiger partial charge in [0.05, 0.1) is 5.69 Å². The van der Waals surface area contributed by atoms with Crippen LogP contribution in [0, 0.1) is 0 Å². The minimum Gasteiger partial charge on any atom is -0.477 e. The Morgan fingerprint density at radius 2 is 2.10 bits per heavy atom. The van der Waals surface area contributed by atoms with E-state index in [9.17, 15) is 4.79 Å². The summed E-state index contributed by atoms with van der Waals surface area (Å²) in [4.78, 5) is 10.9. The number of H-pyrrole nitrogens is 1. The van der Waals surface area contributed by atoms with Crippen LogP contribution in [0.1, 0.15) is 34.8 Å². The first-order valence-corrected chi connectivity index (χ1v) is 8.76. The molecule has 2 heterocycles. The molecule has 1 aliphatic heterocycles. The van der Waals surface area contributed by atoms with Gasteiger partial charge >= 0.3 is 5.97 Å². The normalized spacial score (nSPS) is 16.0. The summed E-state index contributed by atoms with van der Waals surface area (Å²) in [7, 11) is 0. The number of nitrogens with one attached hydrogen (secondary N) is 1. The molecule has 1 saturated heterocycles. The van der Waals surface area contributed by atoms with Gasteiger partial charge in [-0.15, -0.1) is 0 Å². The monoisotopic (exact) mass is 366 g/mol. The van der Waals surface area contributed by atoms with Gasteiger partial charge in [0.15, 0.2) is 0 Å². The van der Waals surface area contributed by atoms with E-state index in [0.29, 0.717) is 11.6 Å². The Morgan fingerprint density at radius 3 is 2.71 bits per heavy atom. The van der Waals surface area contributed by atoms with Crippen LogP contribution >= 0.6 is 27.7 Å². The van der Waals surface area contributed by atoms with Gasteiger partial charge in [0.1, 0.15) is 5.69 Å². The van der Waals surface area contributed by atoms with Crippen molar-refractivity contribution in [1.29, 1.82) is 0 Å². The number of aromatic amines is 1. The lowest BCUT2D eigenvalue weighted by Gasteiger charge is -2.23. The molecule has 0 atom stereocenters. The minimum absolute atomic E-state index is 0.106. The van der Waals surface area contributed by atoms with Crippen molar-refractivity contribution in [2.24, 2.45) is 0 Å². The largest absolute Gasteiger partial charge is 0.477 e. The first-order valence-electron chi connectivity index (χ1n) is 6.81. The molecule has 4 nitrogen and oxygen atoms in total. The van der Waals surface area contributed by atoms with Gasteiger partial charge < -0.3 is 5.11 Å². The van der Waals surface area contributed by atoms with E-state index in [1.807, 2.05) is 23.9 Å². The van der Waals surface area contributed by atoms with Crippen LogP contribution in [-0.4, -0.2) is 32.8 Å². The van der Waals surface area contributed by atoms with E-state index in [1.54, 1.807) is 6.07 Å². The van der Waals surface area contributed by atoms with Crippen molar-refractivity contribution in [2.75, 3.05) is 11.5 Å². The van der Waals surface area contributed by atoms with Crippen LogP contribution < -0.4 is 0 Å². The number of carboxylic acids is 1. The van der Waals surface area contributed by atoms with E-state index in [0.717, 1.165) is 10.0 Å². The highest BCUT2D eigenvalue weighted by Gasteiger charge is 2.19. The van der Waals surface area contributed by atoms with Crippen molar-refractivity contribution in [1.82, 2.24) is 10.2 Å². The zero-order valence-electron chi connectivity index (χ0n) is 11.3. The highest BCUT2D eigenvalue weighted by atomic mass is 79.9. The van der Waals surface area contributed by atoms with E-state index >= 15 is 0 Å². The van der Waals surface area contributed by atoms with E-state index < -0.39 is 5.97 Å². The number of aromatic carboxylic acids is 1. The van der Waals surface area contributed by atoms with Crippen molar-refractivity contribution >= 4 is 33.7 Å². The molecule has 2 aromatic rings. The van der Waals surface area contributed by atoms with E-state index in [-0.39, 0.29) is 5.69 Å². The SMILES string of the molecule is O=C(O)c1cc(-c2ccc(C3CCSCC3)c(Br)c2)n[nH]1. The third kappa shape index (κ3) is 3.16. The number of benzene rings is 1. The highest BCUT2D eigenvalue weighted by molar-refractivity contribution is 9.10. The van der Waals surface area contributed by atoms with Crippen molar-refractivity contribution in [3.8, 4) is 11.3 Å². The van der Waals surface area contributed by atoms with Crippen molar-refractivity contribution in [3.63, 3.8) is 0 Å². The van der Waals surface area contributed by atoms with Gasteiger partial charge in [0.2, 0.25) is 0 Å². The summed E-state index contributed by atoms with van der Waals surface area (Å²) >= 11 is 5.67. The van der Waals surface area contributed by atoms with Gasteiger partial charge in [0, 0.05) is 10.0 Å². The molecule has 0 bridgehead atoms. The van der Waals surface area contributed by atoms with Crippen LogP contribution in [0.3, 0.4) is 0 Å². The molecule has 1 fully saturated rings. The van der Waals surface area contributed by atoms with Crippen LogP contribution in [0.15, 0.2) is 28.7 Å². The molecule has 3 rings (SSSR count). The number of rotatable bonds is 3. The third-order valence-corrected chi connectivity index (χ3v) is 5.50. The smallest absolute Gasteiger partial charge is 0.353 e. The second kappa shape index (κ2) is 6.23. The summed E-state index contributed by atoms with van der Waals surface area (Å²) in [5.74, 6) is 2.06. The lowest BCUT2D eigenvalue weighted by molar-refractivity contribution is 0.0690. The van der Waals surface area contributed by atoms with E-state index in [1.165, 1.54) is 29.9 Å². The zero-order valence-corrected chi connectivity index (χ0v) is 13.7. The molecule has 0 saturated carbocycles. The van der Waals surface area contributed by atoms with Gasteiger partial charge in [-0.2, -0.15) is 16.9 Å². The van der Waals surface area contributed by atoms with E-state index in [2.05, 4.69) is 32.2 Å². The van der Waals surface area contributed by atoms with Crippen molar-refractivity contribution < 1.29 is 9.90 Å². The molecule has 1 aromatic carbocycles. The van der Waals surface area contributed by atoms with E-state index in [4.69, 9.17) is 5.11 Å². The van der Waals surface area contributed by atoms with Crippen molar-refractivity contribution in [3.05, 3.63) is 40.0 Å². The lowest BCUT2D eigenvalue weighted by atomic mass is 9.92.